The lowest BCUT2D eigenvalue weighted by atomic mass is 10.1. The summed E-state index contributed by atoms with van der Waals surface area (Å²) in [5.74, 6) is -1.21. The molecule has 0 N–H and O–H groups in total. The number of nitrogens with zero attached hydrogens (tertiary/aromatic N) is 1. The third kappa shape index (κ3) is 1.99. The largest absolute Gasteiger partial charge is 0.298 e. The first-order valence-corrected chi connectivity index (χ1v) is 3.99. The second kappa shape index (κ2) is 3.77. The van der Waals surface area contributed by atoms with Gasteiger partial charge in [0.05, 0.1) is 15.6 Å². The Morgan fingerprint density at radius 1 is 1.31 bits per heavy atom. The number of carbonyl (C=O) groups is 2. The predicted molar refractivity (Wildman–Crippen MR) is 48.3 cm³/mol. The van der Waals surface area contributed by atoms with E-state index in [0.717, 1.165) is 6.07 Å². The molecular formula is C8H3Cl2NO2. The normalized spacial score (nSPS) is 9.69. The second-order valence-electron chi connectivity index (χ2n) is 2.28. The van der Waals surface area contributed by atoms with Crippen molar-refractivity contribution in [3.8, 4) is 0 Å². The lowest BCUT2D eigenvalue weighted by molar-refractivity contribution is 0.0985. The van der Waals surface area contributed by atoms with Crippen LogP contribution in [0.2, 0.25) is 10.0 Å². The number of hydrogen-bond donors (Lipinski definition) is 0. The summed E-state index contributed by atoms with van der Waals surface area (Å²) in [7, 11) is 0. The molecule has 2 radical (unpaired) electrons. The number of halogens is 2. The van der Waals surface area contributed by atoms with Crippen LogP contribution in [0.4, 0.5) is 0 Å². The molecule has 0 aliphatic rings. The van der Waals surface area contributed by atoms with E-state index in [1.165, 1.54) is 6.07 Å². The van der Waals surface area contributed by atoms with Crippen molar-refractivity contribution in [3.63, 3.8) is 0 Å². The minimum atomic E-state index is -1.21. The average molecular weight is 216 g/mol. The van der Waals surface area contributed by atoms with E-state index >= 15 is 0 Å². The maximum atomic E-state index is 10.6. The molecule has 1 rings (SSSR count). The van der Waals surface area contributed by atoms with Gasteiger partial charge < -0.3 is 0 Å². The molecule has 13 heavy (non-hydrogen) atoms. The first-order chi connectivity index (χ1) is 6.06. The van der Waals surface area contributed by atoms with Crippen LogP contribution in [0.3, 0.4) is 0 Å². The molecule has 66 valence electrons. The number of amides is 1. The van der Waals surface area contributed by atoms with Crippen LogP contribution in [-0.4, -0.2) is 12.2 Å². The van der Waals surface area contributed by atoms with Gasteiger partial charge in [-0.05, 0) is 12.1 Å². The van der Waals surface area contributed by atoms with E-state index in [0.29, 0.717) is 6.29 Å². The van der Waals surface area contributed by atoms with Crippen molar-refractivity contribution in [2.45, 2.75) is 0 Å². The van der Waals surface area contributed by atoms with E-state index < -0.39 is 5.91 Å². The van der Waals surface area contributed by atoms with Crippen LogP contribution < -0.4 is 5.73 Å². The maximum absolute atomic E-state index is 10.6. The van der Waals surface area contributed by atoms with E-state index in [1.54, 1.807) is 0 Å². The van der Waals surface area contributed by atoms with Crippen molar-refractivity contribution in [2.75, 3.05) is 0 Å². The Kier molecular flexibility index (Phi) is 2.90. The first kappa shape index (κ1) is 10.0. The lowest BCUT2D eigenvalue weighted by Crippen LogP contribution is -2.03. The summed E-state index contributed by atoms with van der Waals surface area (Å²) < 4.78 is 0. The summed E-state index contributed by atoms with van der Waals surface area (Å²) in [5.41, 5.74) is 8.52. The van der Waals surface area contributed by atoms with Crippen LogP contribution >= 0.6 is 23.2 Å². The molecule has 0 heterocycles. The third-order valence-corrected chi connectivity index (χ3v) is 2.17. The zero-order valence-electron chi connectivity index (χ0n) is 6.25. The van der Waals surface area contributed by atoms with E-state index in [9.17, 15) is 9.59 Å². The maximum Gasteiger partial charge on any atom is 0.296 e. The number of aldehydes is 1. The average Bonchev–Trinajstić information content (AvgIpc) is 2.08. The Labute approximate surface area is 84.4 Å². The van der Waals surface area contributed by atoms with E-state index in [4.69, 9.17) is 28.9 Å². The molecule has 0 fully saturated rings. The van der Waals surface area contributed by atoms with E-state index in [2.05, 4.69) is 0 Å². The molecule has 0 saturated carbocycles. The van der Waals surface area contributed by atoms with Gasteiger partial charge in [-0.1, -0.05) is 23.2 Å². The molecule has 0 aliphatic carbocycles. The summed E-state index contributed by atoms with van der Waals surface area (Å²) in [5, 5.41) is 0.276. The first-order valence-electron chi connectivity index (χ1n) is 3.23. The zero-order chi connectivity index (χ0) is 10.0. The molecule has 0 aliphatic heterocycles. The Bertz CT molecular complexity index is 377. The van der Waals surface area contributed by atoms with Crippen molar-refractivity contribution in [1.82, 2.24) is 5.73 Å². The fourth-order valence-corrected chi connectivity index (χ4v) is 1.18. The summed E-state index contributed by atoms with van der Waals surface area (Å²) in [6.45, 7) is 0. The molecule has 0 bridgehead atoms. The van der Waals surface area contributed by atoms with Gasteiger partial charge in [0.25, 0.3) is 5.91 Å². The Hall–Kier alpha value is -1.06. The Balaban J connectivity index is 3.41. The zero-order valence-corrected chi connectivity index (χ0v) is 7.76. The Morgan fingerprint density at radius 2 is 1.85 bits per heavy atom. The van der Waals surface area contributed by atoms with Crippen molar-refractivity contribution < 1.29 is 9.59 Å². The summed E-state index contributed by atoms with van der Waals surface area (Å²) in [4.78, 5) is 21.0. The molecule has 0 aromatic heterocycles. The van der Waals surface area contributed by atoms with Gasteiger partial charge in [0, 0.05) is 5.56 Å². The van der Waals surface area contributed by atoms with Gasteiger partial charge in [-0.2, -0.15) is 0 Å². The molecule has 3 nitrogen and oxygen atoms in total. The van der Waals surface area contributed by atoms with Crippen LogP contribution in [0, 0.1) is 0 Å². The number of hydrogen-bond acceptors (Lipinski definition) is 2. The van der Waals surface area contributed by atoms with Gasteiger partial charge in [-0.25, -0.2) is 0 Å². The Morgan fingerprint density at radius 3 is 2.31 bits per heavy atom. The molecule has 0 saturated heterocycles. The molecule has 0 spiro atoms. The molecule has 5 heteroatoms. The fourth-order valence-electron chi connectivity index (χ4n) is 0.845. The quantitative estimate of drug-likeness (QED) is 0.710. The molecule has 1 aromatic rings. The van der Waals surface area contributed by atoms with Crippen molar-refractivity contribution in [3.05, 3.63) is 33.3 Å². The van der Waals surface area contributed by atoms with E-state index in [1.807, 2.05) is 0 Å². The van der Waals surface area contributed by atoms with Gasteiger partial charge in [-0.3, -0.25) is 9.59 Å². The number of rotatable bonds is 2. The van der Waals surface area contributed by atoms with Crippen LogP contribution in [0.25, 0.3) is 0 Å². The number of carbonyl (C=O) groups excluding carboxylic acids is 2. The summed E-state index contributed by atoms with van der Waals surface area (Å²) in [6, 6.07) is 2.37. The third-order valence-electron chi connectivity index (χ3n) is 1.45. The smallest absolute Gasteiger partial charge is 0.296 e. The fraction of sp³-hybridized carbons (Fsp3) is 0. The summed E-state index contributed by atoms with van der Waals surface area (Å²) >= 11 is 11.2. The minimum absolute atomic E-state index is 0.0156. The predicted octanol–water partition coefficient (Wildman–Crippen LogP) is 2.01. The van der Waals surface area contributed by atoms with Gasteiger partial charge >= 0.3 is 0 Å². The molecule has 1 aromatic carbocycles. The van der Waals surface area contributed by atoms with Crippen molar-refractivity contribution in [2.24, 2.45) is 0 Å². The molecule has 0 unspecified atom stereocenters. The minimum Gasteiger partial charge on any atom is -0.298 e. The van der Waals surface area contributed by atoms with Crippen LogP contribution in [0.1, 0.15) is 20.7 Å². The van der Waals surface area contributed by atoms with Gasteiger partial charge in [0.1, 0.15) is 0 Å². The highest BCUT2D eigenvalue weighted by molar-refractivity contribution is 6.42. The van der Waals surface area contributed by atoms with Gasteiger partial charge in [0.15, 0.2) is 6.29 Å². The van der Waals surface area contributed by atoms with Crippen LogP contribution in [0.5, 0.6) is 0 Å². The number of benzene rings is 1. The van der Waals surface area contributed by atoms with Crippen LogP contribution in [0.15, 0.2) is 12.1 Å². The topological polar surface area (TPSA) is 56.4 Å². The van der Waals surface area contributed by atoms with Crippen molar-refractivity contribution >= 4 is 35.4 Å². The highest BCUT2D eigenvalue weighted by Gasteiger charge is 2.12. The van der Waals surface area contributed by atoms with Crippen LogP contribution in [-0.2, 0) is 0 Å². The van der Waals surface area contributed by atoms with Gasteiger partial charge in [0.2, 0.25) is 0 Å². The lowest BCUT2D eigenvalue weighted by Gasteiger charge is -2.01. The molecule has 1 amide bonds. The summed E-state index contributed by atoms with van der Waals surface area (Å²) in [6.07, 6.45) is 0.422. The standard InChI is InChI=1S/C8H3Cl2NO2/c9-6-1-4(3-12)5(8(11)13)2-7(6)10/h1-3H. The second-order valence-corrected chi connectivity index (χ2v) is 3.09. The highest BCUT2D eigenvalue weighted by Crippen LogP contribution is 2.25. The highest BCUT2D eigenvalue weighted by atomic mass is 35.5. The van der Waals surface area contributed by atoms with E-state index in [-0.39, 0.29) is 21.2 Å². The van der Waals surface area contributed by atoms with Crippen molar-refractivity contribution in [1.29, 1.82) is 0 Å². The molecular weight excluding hydrogens is 213 g/mol. The molecule has 0 atom stereocenters. The SMILES string of the molecule is [N]C(=O)c1cc(Cl)c(Cl)cc1C=O. The monoisotopic (exact) mass is 215 g/mol. The van der Waals surface area contributed by atoms with Gasteiger partial charge in [-0.15, -0.1) is 5.73 Å².